The molecular formula is C25H25ClN2O3S. The standard InChI is InChI=1S/C25H25ClN2O3S/c1-5-30-25(29)22-16(4)31-24(28)21(12-27)23(22)20-11-17(14(2)10-15(20)3)13-32-19-8-6-18(26)7-9-19/h6-11,23H,5,13,28H2,1-4H3/t23-/m1/s1. The van der Waals surface area contributed by atoms with Gasteiger partial charge in [-0.1, -0.05) is 23.7 Å². The van der Waals surface area contributed by atoms with Crippen molar-refractivity contribution in [2.24, 2.45) is 5.73 Å². The maximum Gasteiger partial charge on any atom is 0.338 e. The highest BCUT2D eigenvalue weighted by Gasteiger charge is 2.37. The smallest absolute Gasteiger partial charge is 0.338 e. The van der Waals surface area contributed by atoms with Crippen LogP contribution >= 0.6 is 23.4 Å². The van der Waals surface area contributed by atoms with E-state index in [4.69, 9.17) is 26.8 Å². The number of benzene rings is 2. The largest absolute Gasteiger partial charge is 0.463 e. The number of carbonyl (C=O) groups is 1. The van der Waals surface area contributed by atoms with Crippen LogP contribution in [0.15, 0.2) is 64.1 Å². The Balaban J connectivity index is 2.05. The number of hydrogen-bond donors (Lipinski definition) is 1. The van der Waals surface area contributed by atoms with Crippen molar-refractivity contribution < 1.29 is 14.3 Å². The van der Waals surface area contributed by atoms with Crippen molar-refractivity contribution in [3.63, 3.8) is 0 Å². The lowest BCUT2D eigenvalue weighted by Gasteiger charge is -2.28. The second-order valence-electron chi connectivity index (χ2n) is 7.49. The summed E-state index contributed by atoms with van der Waals surface area (Å²) in [6, 6.07) is 14.0. The molecule has 2 N–H and O–H groups in total. The summed E-state index contributed by atoms with van der Waals surface area (Å²) >= 11 is 7.68. The van der Waals surface area contributed by atoms with Gasteiger partial charge in [0, 0.05) is 15.7 Å². The molecule has 0 aromatic heterocycles. The van der Waals surface area contributed by atoms with E-state index in [1.165, 1.54) is 0 Å². The van der Waals surface area contributed by atoms with Gasteiger partial charge in [-0.15, -0.1) is 11.8 Å². The van der Waals surface area contributed by atoms with Crippen molar-refractivity contribution >= 4 is 29.3 Å². The maximum atomic E-state index is 12.8. The molecule has 0 fully saturated rings. The Kier molecular flexibility index (Phi) is 7.55. The van der Waals surface area contributed by atoms with Crippen LogP contribution in [0.3, 0.4) is 0 Å². The number of halogens is 1. The zero-order valence-electron chi connectivity index (χ0n) is 18.5. The third-order valence-corrected chi connectivity index (χ3v) is 6.66. The molecule has 0 saturated carbocycles. The predicted molar refractivity (Wildman–Crippen MR) is 127 cm³/mol. The van der Waals surface area contributed by atoms with Gasteiger partial charge in [0.25, 0.3) is 0 Å². The summed E-state index contributed by atoms with van der Waals surface area (Å²) in [6.07, 6.45) is 0. The molecule has 0 spiro atoms. The fraction of sp³-hybridized carbons (Fsp3) is 0.280. The molecular weight excluding hydrogens is 444 g/mol. The van der Waals surface area contributed by atoms with Gasteiger partial charge in [-0.2, -0.15) is 5.26 Å². The quantitative estimate of drug-likeness (QED) is 0.420. The Bertz CT molecular complexity index is 1150. The third kappa shape index (κ3) is 4.95. The van der Waals surface area contributed by atoms with Crippen LogP contribution in [-0.4, -0.2) is 12.6 Å². The van der Waals surface area contributed by atoms with E-state index >= 15 is 0 Å². The highest BCUT2D eigenvalue weighted by atomic mass is 35.5. The monoisotopic (exact) mass is 468 g/mol. The van der Waals surface area contributed by atoms with Crippen molar-refractivity contribution in [2.75, 3.05) is 6.61 Å². The number of thioether (sulfide) groups is 1. The number of ether oxygens (including phenoxy) is 2. The summed E-state index contributed by atoms with van der Waals surface area (Å²) in [4.78, 5) is 13.9. The number of hydrogen-bond acceptors (Lipinski definition) is 6. The van der Waals surface area contributed by atoms with Crippen molar-refractivity contribution in [2.45, 2.75) is 44.3 Å². The predicted octanol–water partition coefficient (Wildman–Crippen LogP) is 5.89. The molecule has 0 saturated heterocycles. The van der Waals surface area contributed by atoms with Crippen molar-refractivity contribution in [1.29, 1.82) is 5.26 Å². The fourth-order valence-electron chi connectivity index (χ4n) is 3.74. The number of carbonyl (C=O) groups excluding carboxylic acids is 1. The van der Waals surface area contributed by atoms with E-state index in [9.17, 15) is 10.1 Å². The first-order chi connectivity index (χ1) is 15.3. The highest BCUT2D eigenvalue weighted by Crippen LogP contribution is 2.42. The van der Waals surface area contributed by atoms with Crippen LogP contribution in [-0.2, 0) is 20.0 Å². The Hall–Kier alpha value is -2.88. The molecule has 1 heterocycles. The summed E-state index contributed by atoms with van der Waals surface area (Å²) in [5, 5.41) is 10.5. The summed E-state index contributed by atoms with van der Waals surface area (Å²) in [5.41, 5.74) is 10.6. The second-order valence-corrected chi connectivity index (χ2v) is 8.98. The lowest BCUT2D eigenvalue weighted by Crippen LogP contribution is -2.26. The van der Waals surface area contributed by atoms with Gasteiger partial charge in [0.05, 0.1) is 18.1 Å². The zero-order valence-corrected chi connectivity index (χ0v) is 20.1. The van der Waals surface area contributed by atoms with Gasteiger partial charge in [0.1, 0.15) is 17.4 Å². The Morgan fingerprint density at radius 2 is 1.91 bits per heavy atom. The second kappa shape index (κ2) is 10.2. The number of nitrogens with zero attached hydrogens (tertiary/aromatic N) is 1. The number of nitrogens with two attached hydrogens (primary N) is 1. The van der Waals surface area contributed by atoms with Gasteiger partial charge >= 0.3 is 5.97 Å². The number of nitriles is 1. The molecule has 0 amide bonds. The molecule has 1 aliphatic rings. The lowest BCUT2D eigenvalue weighted by molar-refractivity contribution is -0.139. The van der Waals surface area contributed by atoms with E-state index in [-0.39, 0.29) is 18.1 Å². The van der Waals surface area contributed by atoms with E-state index in [1.807, 2.05) is 31.2 Å². The molecule has 7 heteroatoms. The van der Waals surface area contributed by atoms with Crippen LogP contribution < -0.4 is 5.73 Å². The van der Waals surface area contributed by atoms with E-state index in [0.717, 1.165) is 32.9 Å². The van der Waals surface area contributed by atoms with Crippen molar-refractivity contribution in [3.8, 4) is 6.07 Å². The first kappa shape index (κ1) is 23.8. The van der Waals surface area contributed by atoms with Crippen molar-refractivity contribution in [3.05, 3.63) is 86.5 Å². The number of allylic oxidation sites excluding steroid dienone is 2. The molecule has 0 aliphatic carbocycles. The zero-order chi connectivity index (χ0) is 23.4. The maximum absolute atomic E-state index is 12.8. The minimum absolute atomic E-state index is 0.0140. The summed E-state index contributed by atoms with van der Waals surface area (Å²) in [5.74, 6) is -0.0650. The average molecular weight is 469 g/mol. The van der Waals surface area contributed by atoms with Crippen LogP contribution in [0.4, 0.5) is 0 Å². The molecule has 5 nitrogen and oxygen atoms in total. The Morgan fingerprint density at radius 1 is 1.22 bits per heavy atom. The van der Waals surface area contributed by atoms with Crippen LogP contribution in [0, 0.1) is 25.2 Å². The van der Waals surface area contributed by atoms with E-state index < -0.39 is 11.9 Å². The molecule has 0 radical (unpaired) electrons. The molecule has 1 aliphatic heterocycles. The fourth-order valence-corrected chi connectivity index (χ4v) is 4.83. The van der Waals surface area contributed by atoms with Gasteiger partial charge in [-0.3, -0.25) is 0 Å². The first-order valence-electron chi connectivity index (χ1n) is 10.2. The third-order valence-electron chi connectivity index (χ3n) is 5.34. The number of esters is 1. The molecule has 2 aromatic carbocycles. The van der Waals surface area contributed by atoms with E-state index in [1.54, 1.807) is 25.6 Å². The Labute approximate surface area is 197 Å². The molecule has 1 atom stereocenters. The van der Waals surface area contributed by atoms with Gasteiger partial charge in [-0.05, 0) is 74.2 Å². The topological polar surface area (TPSA) is 85.3 Å². The number of rotatable bonds is 6. The van der Waals surface area contributed by atoms with Gasteiger partial charge < -0.3 is 15.2 Å². The average Bonchev–Trinajstić information content (AvgIpc) is 2.74. The summed E-state index contributed by atoms with van der Waals surface area (Å²) in [7, 11) is 0. The van der Waals surface area contributed by atoms with E-state index in [2.05, 4.69) is 25.1 Å². The van der Waals surface area contributed by atoms with Crippen LogP contribution in [0.5, 0.6) is 0 Å². The summed E-state index contributed by atoms with van der Waals surface area (Å²) < 4.78 is 10.8. The van der Waals surface area contributed by atoms with Crippen LogP contribution in [0.2, 0.25) is 5.02 Å². The molecule has 166 valence electrons. The lowest BCUT2D eigenvalue weighted by atomic mass is 9.80. The van der Waals surface area contributed by atoms with Gasteiger partial charge in [0.15, 0.2) is 0 Å². The molecule has 32 heavy (non-hydrogen) atoms. The van der Waals surface area contributed by atoms with Crippen LogP contribution in [0.1, 0.15) is 42.0 Å². The Morgan fingerprint density at radius 3 is 2.53 bits per heavy atom. The summed E-state index contributed by atoms with van der Waals surface area (Å²) in [6.45, 7) is 7.66. The SMILES string of the molecule is CCOC(=O)C1=C(C)OC(N)=C(C#N)[C@H]1c1cc(CSc2ccc(Cl)cc2)c(C)cc1C. The van der Waals surface area contributed by atoms with Gasteiger partial charge in [0.2, 0.25) is 5.88 Å². The molecule has 2 aromatic rings. The minimum Gasteiger partial charge on any atom is -0.463 e. The molecule has 3 rings (SSSR count). The van der Waals surface area contributed by atoms with Crippen LogP contribution in [0.25, 0.3) is 0 Å². The molecule has 0 bridgehead atoms. The van der Waals surface area contributed by atoms with Crippen molar-refractivity contribution in [1.82, 2.24) is 0 Å². The minimum atomic E-state index is -0.646. The molecule has 0 unspecified atom stereocenters. The number of aryl methyl sites for hydroxylation is 2. The normalized spacial score (nSPS) is 15.9. The highest BCUT2D eigenvalue weighted by molar-refractivity contribution is 7.98. The van der Waals surface area contributed by atoms with Gasteiger partial charge in [-0.25, -0.2) is 4.79 Å². The van der Waals surface area contributed by atoms with E-state index in [0.29, 0.717) is 16.4 Å². The first-order valence-corrected chi connectivity index (χ1v) is 11.6.